The van der Waals surface area contributed by atoms with E-state index < -0.39 is 0 Å². The van der Waals surface area contributed by atoms with Crippen LogP contribution in [0.2, 0.25) is 5.02 Å². The fourth-order valence-electron chi connectivity index (χ4n) is 2.66. The maximum absolute atomic E-state index is 12.2. The quantitative estimate of drug-likeness (QED) is 0.662. The number of carbonyl (C=O) groups excluding carboxylic acids is 1. The number of fused-ring (bicyclic) bond motifs is 1. The molecule has 3 nitrogen and oxygen atoms in total. The molecule has 0 amide bonds. The van der Waals surface area contributed by atoms with Gasteiger partial charge in [-0.2, -0.15) is 0 Å². The van der Waals surface area contributed by atoms with Gasteiger partial charge in [0.05, 0.1) is 23.2 Å². The first kappa shape index (κ1) is 15.5. The summed E-state index contributed by atoms with van der Waals surface area (Å²) >= 11 is 6.35. The van der Waals surface area contributed by atoms with Crippen LogP contribution in [0.25, 0.3) is 10.9 Å². The third kappa shape index (κ3) is 3.20. The molecular weight excluding hydrogens is 310 g/mol. The Kier molecular flexibility index (Phi) is 4.30. The van der Waals surface area contributed by atoms with Gasteiger partial charge in [0, 0.05) is 11.1 Å². The zero-order chi connectivity index (χ0) is 16.4. The van der Waals surface area contributed by atoms with Gasteiger partial charge in [-0.05, 0) is 42.7 Å². The predicted octanol–water partition coefficient (Wildman–Crippen LogP) is 4.57. The Hall–Kier alpha value is -2.39. The van der Waals surface area contributed by atoms with Gasteiger partial charge >= 0.3 is 5.97 Å². The molecule has 0 N–H and O–H groups in total. The van der Waals surface area contributed by atoms with Gasteiger partial charge < -0.3 is 4.74 Å². The molecule has 116 valence electrons. The van der Waals surface area contributed by atoms with Crippen molar-refractivity contribution in [1.29, 1.82) is 0 Å². The average molecular weight is 326 g/mol. The lowest BCUT2D eigenvalue weighted by Crippen LogP contribution is -2.07. The molecule has 0 spiro atoms. The molecule has 1 heterocycles. The topological polar surface area (TPSA) is 39.2 Å². The number of aryl methyl sites for hydroxylation is 1. The lowest BCUT2D eigenvalue weighted by Gasteiger charge is -2.11. The van der Waals surface area contributed by atoms with Gasteiger partial charge in [-0.1, -0.05) is 41.9 Å². The van der Waals surface area contributed by atoms with Crippen molar-refractivity contribution in [1.82, 2.24) is 4.98 Å². The van der Waals surface area contributed by atoms with Gasteiger partial charge in [-0.15, -0.1) is 0 Å². The van der Waals surface area contributed by atoms with E-state index in [0.717, 1.165) is 22.2 Å². The first-order valence-corrected chi connectivity index (χ1v) is 7.68. The van der Waals surface area contributed by atoms with Crippen LogP contribution >= 0.6 is 11.6 Å². The van der Waals surface area contributed by atoms with E-state index in [0.29, 0.717) is 22.5 Å². The Labute approximate surface area is 139 Å². The summed E-state index contributed by atoms with van der Waals surface area (Å²) in [5, 5.41) is 1.48. The maximum Gasteiger partial charge on any atom is 0.338 e. The largest absolute Gasteiger partial charge is 0.465 e. The first-order valence-electron chi connectivity index (χ1n) is 7.30. The summed E-state index contributed by atoms with van der Waals surface area (Å²) in [7, 11) is 1.38. The highest BCUT2D eigenvalue weighted by Gasteiger charge is 2.16. The van der Waals surface area contributed by atoms with Gasteiger partial charge in [0.1, 0.15) is 0 Å². The van der Waals surface area contributed by atoms with E-state index in [2.05, 4.69) is 4.98 Å². The highest BCUT2D eigenvalue weighted by atomic mass is 35.5. The monoisotopic (exact) mass is 325 g/mol. The Morgan fingerprint density at radius 2 is 1.91 bits per heavy atom. The summed E-state index contributed by atoms with van der Waals surface area (Å²) in [5.41, 5.74) is 4.04. The van der Waals surface area contributed by atoms with Crippen LogP contribution in [0.1, 0.15) is 27.2 Å². The van der Waals surface area contributed by atoms with Crippen LogP contribution in [0.15, 0.2) is 48.5 Å². The van der Waals surface area contributed by atoms with Gasteiger partial charge in [-0.3, -0.25) is 4.98 Å². The van der Waals surface area contributed by atoms with Crippen molar-refractivity contribution in [3.05, 3.63) is 75.9 Å². The Morgan fingerprint density at radius 3 is 2.61 bits per heavy atom. The minimum Gasteiger partial charge on any atom is -0.465 e. The molecular formula is C19H16ClNO2. The number of ether oxygens (including phenoxy) is 1. The van der Waals surface area contributed by atoms with E-state index in [1.54, 1.807) is 6.07 Å². The Morgan fingerprint density at radius 1 is 1.17 bits per heavy atom. The highest BCUT2D eigenvalue weighted by molar-refractivity contribution is 6.35. The van der Waals surface area contributed by atoms with E-state index in [9.17, 15) is 4.79 Å². The Balaban J connectivity index is 2.19. The number of hydrogen-bond donors (Lipinski definition) is 0. The van der Waals surface area contributed by atoms with Crippen LogP contribution in [0.4, 0.5) is 0 Å². The lowest BCUT2D eigenvalue weighted by molar-refractivity contribution is 0.0600. The second kappa shape index (κ2) is 6.39. The number of hydrogen-bond acceptors (Lipinski definition) is 3. The third-order valence-corrected chi connectivity index (χ3v) is 4.07. The average Bonchev–Trinajstić information content (AvgIpc) is 2.55. The smallest absolute Gasteiger partial charge is 0.338 e. The number of nitrogens with zero attached hydrogens (tertiary/aromatic N) is 1. The molecule has 1 aromatic heterocycles. The molecule has 0 aliphatic rings. The molecule has 0 fully saturated rings. The van der Waals surface area contributed by atoms with Crippen LogP contribution in [-0.4, -0.2) is 18.1 Å². The van der Waals surface area contributed by atoms with Crippen molar-refractivity contribution in [2.75, 3.05) is 7.11 Å². The van der Waals surface area contributed by atoms with Gasteiger partial charge in [0.25, 0.3) is 0 Å². The van der Waals surface area contributed by atoms with Crippen LogP contribution in [0.3, 0.4) is 0 Å². The Bertz CT molecular complexity index is 875. The predicted molar refractivity (Wildman–Crippen MR) is 92.1 cm³/mol. The van der Waals surface area contributed by atoms with Crippen LogP contribution in [-0.2, 0) is 11.2 Å². The molecule has 0 saturated heterocycles. The molecule has 0 saturated carbocycles. The number of halogens is 1. The van der Waals surface area contributed by atoms with Crippen molar-refractivity contribution in [3.63, 3.8) is 0 Å². The van der Waals surface area contributed by atoms with Gasteiger partial charge in [-0.25, -0.2) is 4.79 Å². The maximum atomic E-state index is 12.2. The first-order chi connectivity index (χ1) is 11.1. The van der Waals surface area contributed by atoms with Crippen molar-refractivity contribution in [2.45, 2.75) is 13.3 Å². The number of esters is 1. The lowest BCUT2D eigenvalue weighted by atomic mass is 9.97. The summed E-state index contributed by atoms with van der Waals surface area (Å²) in [6.07, 6.45) is 0.630. The number of pyridine rings is 1. The standard InChI is InChI=1S/C19H16ClNO2/c1-12-8-17(20)16-10-14(9-13-6-4-3-5-7-13)15(19(22)23-2)11-18(16)21-12/h3-8,10-11H,9H2,1-2H3. The fourth-order valence-corrected chi connectivity index (χ4v) is 2.97. The molecule has 4 heteroatoms. The second-order valence-corrected chi connectivity index (χ2v) is 5.83. The molecule has 0 atom stereocenters. The van der Waals surface area contributed by atoms with E-state index in [-0.39, 0.29) is 5.97 Å². The minimum absolute atomic E-state index is 0.364. The molecule has 3 rings (SSSR count). The summed E-state index contributed by atoms with van der Waals surface area (Å²) in [4.78, 5) is 16.6. The number of methoxy groups -OCH3 is 1. The van der Waals surface area contributed by atoms with Crippen molar-refractivity contribution in [3.8, 4) is 0 Å². The fraction of sp³-hybridized carbons (Fsp3) is 0.158. The number of aromatic nitrogens is 1. The zero-order valence-electron chi connectivity index (χ0n) is 13.0. The van der Waals surface area contributed by atoms with Crippen LogP contribution in [0.5, 0.6) is 0 Å². The zero-order valence-corrected chi connectivity index (χ0v) is 13.7. The molecule has 0 aliphatic heterocycles. The number of benzene rings is 2. The van der Waals surface area contributed by atoms with Crippen LogP contribution < -0.4 is 0 Å². The number of rotatable bonds is 3. The SMILES string of the molecule is COC(=O)c1cc2nc(C)cc(Cl)c2cc1Cc1ccccc1. The molecule has 3 aromatic rings. The molecule has 0 bridgehead atoms. The third-order valence-electron chi connectivity index (χ3n) is 3.75. The molecule has 23 heavy (non-hydrogen) atoms. The van der Waals surface area contributed by atoms with E-state index in [4.69, 9.17) is 16.3 Å². The van der Waals surface area contributed by atoms with Crippen molar-refractivity contribution < 1.29 is 9.53 Å². The number of carbonyl (C=O) groups is 1. The van der Waals surface area contributed by atoms with E-state index in [1.165, 1.54) is 7.11 Å². The van der Waals surface area contributed by atoms with Crippen LogP contribution in [0, 0.1) is 6.92 Å². The highest BCUT2D eigenvalue weighted by Crippen LogP contribution is 2.28. The normalized spacial score (nSPS) is 10.7. The minimum atomic E-state index is -0.364. The summed E-state index contributed by atoms with van der Waals surface area (Å²) in [6.45, 7) is 1.88. The summed E-state index contributed by atoms with van der Waals surface area (Å²) in [6, 6.07) is 15.5. The van der Waals surface area contributed by atoms with Crippen molar-refractivity contribution in [2.24, 2.45) is 0 Å². The van der Waals surface area contributed by atoms with E-state index in [1.807, 2.05) is 49.4 Å². The molecule has 0 radical (unpaired) electrons. The van der Waals surface area contributed by atoms with Gasteiger partial charge in [0.2, 0.25) is 0 Å². The van der Waals surface area contributed by atoms with Crippen molar-refractivity contribution >= 4 is 28.5 Å². The summed E-state index contributed by atoms with van der Waals surface area (Å²) < 4.78 is 4.92. The molecule has 0 unspecified atom stereocenters. The molecule has 0 aliphatic carbocycles. The summed E-state index contributed by atoms with van der Waals surface area (Å²) in [5.74, 6) is -0.364. The van der Waals surface area contributed by atoms with E-state index >= 15 is 0 Å². The van der Waals surface area contributed by atoms with Gasteiger partial charge in [0.15, 0.2) is 0 Å². The second-order valence-electron chi connectivity index (χ2n) is 5.43. The molecule has 2 aromatic carbocycles.